The summed E-state index contributed by atoms with van der Waals surface area (Å²) in [5.74, 6) is 1.81. The first-order valence-electron chi connectivity index (χ1n) is 8.88. The van der Waals surface area contributed by atoms with Crippen LogP contribution in [0.3, 0.4) is 0 Å². The second-order valence-corrected chi connectivity index (χ2v) is 6.45. The first kappa shape index (κ1) is 18.3. The summed E-state index contributed by atoms with van der Waals surface area (Å²) in [6.07, 6.45) is 2.45. The molecule has 0 aliphatic carbocycles. The number of carbonyl (C=O) groups excluding carboxylic acids is 1. The van der Waals surface area contributed by atoms with E-state index in [1.54, 1.807) is 14.2 Å². The number of rotatable bonds is 6. The van der Waals surface area contributed by atoms with Crippen LogP contribution in [0.1, 0.15) is 29.9 Å². The van der Waals surface area contributed by atoms with Crippen molar-refractivity contribution >= 4 is 11.6 Å². The van der Waals surface area contributed by atoms with Crippen LogP contribution in [0.15, 0.2) is 42.5 Å². The Kier molecular flexibility index (Phi) is 6.12. The minimum atomic E-state index is -0.0749. The summed E-state index contributed by atoms with van der Waals surface area (Å²) >= 11 is 0. The summed E-state index contributed by atoms with van der Waals surface area (Å²) in [6, 6.07) is 13.4. The molecule has 5 heteroatoms. The molecule has 5 nitrogen and oxygen atoms in total. The zero-order valence-corrected chi connectivity index (χ0v) is 15.3. The number of amides is 1. The zero-order chi connectivity index (χ0) is 18.4. The average Bonchev–Trinajstić information content (AvgIpc) is 2.68. The Morgan fingerprint density at radius 1 is 1.19 bits per heavy atom. The van der Waals surface area contributed by atoms with Crippen molar-refractivity contribution < 1.29 is 19.0 Å². The molecule has 138 valence electrons. The lowest BCUT2D eigenvalue weighted by molar-refractivity contribution is -0.115. The fraction of sp³-hybridized carbons (Fsp3) is 0.381. The van der Waals surface area contributed by atoms with E-state index in [1.165, 1.54) is 0 Å². The van der Waals surface area contributed by atoms with Gasteiger partial charge in [-0.3, -0.25) is 4.79 Å². The molecule has 2 aromatic carbocycles. The topological polar surface area (TPSA) is 56.8 Å². The van der Waals surface area contributed by atoms with Gasteiger partial charge in [0.05, 0.1) is 27.2 Å². The number of hydrogen-bond donors (Lipinski definition) is 1. The Morgan fingerprint density at radius 2 is 2.08 bits per heavy atom. The summed E-state index contributed by atoms with van der Waals surface area (Å²) in [4.78, 5) is 12.4. The normalized spacial score (nSPS) is 16.8. The molecule has 1 atom stereocenters. The fourth-order valence-corrected chi connectivity index (χ4v) is 3.29. The summed E-state index contributed by atoms with van der Waals surface area (Å²) in [6.45, 7) is 1.55. The molecule has 0 saturated carbocycles. The third-order valence-electron chi connectivity index (χ3n) is 4.62. The average molecular weight is 355 g/mol. The molecule has 1 heterocycles. The second kappa shape index (κ2) is 8.72. The van der Waals surface area contributed by atoms with Crippen LogP contribution in [-0.2, 0) is 16.0 Å². The van der Waals surface area contributed by atoms with E-state index in [0.717, 1.165) is 54.4 Å². The molecule has 1 aliphatic heterocycles. The quantitative estimate of drug-likeness (QED) is 0.857. The first-order chi connectivity index (χ1) is 12.7. The number of ether oxygens (including phenoxy) is 3. The molecule has 1 N–H and O–H groups in total. The SMILES string of the molecule is COc1cccc(CC(=O)Nc2ccc(C3CCCOC3)c(OC)c2)c1. The molecule has 0 aromatic heterocycles. The van der Waals surface area contributed by atoms with Gasteiger partial charge in [-0.1, -0.05) is 18.2 Å². The van der Waals surface area contributed by atoms with Crippen LogP contribution in [0.5, 0.6) is 11.5 Å². The Morgan fingerprint density at radius 3 is 2.81 bits per heavy atom. The monoisotopic (exact) mass is 355 g/mol. The minimum absolute atomic E-state index is 0.0749. The van der Waals surface area contributed by atoms with E-state index >= 15 is 0 Å². The number of hydrogen-bond acceptors (Lipinski definition) is 4. The van der Waals surface area contributed by atoms with Gasteiger partial charge in [-0.25, -0.2) is 0 Å². The van der Waals surface area contributed by atoms with Gasteiger partial charge in [-0.2, -0.15) is 0 Å². The third-order valence-corrected chi connectivity index (χ3v) is 4.62. The van der Waals surface area contributed by atoms with E-state index in [0.29, 0.717) is 5.92 Å². The van der Waals surface area contributed by atoms with Crippen LogP contribution < -0.4 is 14.8 Å². The molecule has 0 bridgehead atoms. The summed E-state index contributed by atoms with van der Waals surface area (Å²) in [5.41, 5.74) is 2.78. The highest BCUT2D eigenvalue weighted by atomic mass is 16.5. The maximum atomic E-state index is 12.4. The van der Waals surface area contributed by atoms with Gasteiger partial charge in [0.2, 0.25) is 5.91 Å². The van der Waals surface area contributed by atoms with Crippen LogP contribution >= 0.6 is 0 Å². The second-order valence-electron chi connectivity index (χ2n) is 6.45. The fourth-order valence-electron chi connectivity index (χ4n) is 3.29. The molecule has 1 fully saturated rings. The van der Waals surface area contributed by atoms with Crippen molar-refractivity contribution in [1.82, 2.24) is 0 Å². The van der Waals surface area contributed by atoms with Crippen molar-refractivity contribution in [3.05, 3.63) is 53.6 Å². The van der Waals surface area contributed by atoms with Gasteiger partial charge in [0.15, 0.2) is 0 Å². The standard InChI is InChI=1S/C21H25NO4/c1-24-18-7-3-5-15(11-18)12-21(23)22-17-8-9-19(20(13-17)25-2)16-6-4-10-26-14-16/h3,5,7-9,11,13,16H,4,6,10,12,14H2,1-2H3,(H,22,23). The third kappa shape index (κ3) is 4.55. The summed E-state index contributed by atoms with van der Waals surface area (Å²) in [7, 11) is 3.27. The van der Waals surface area contributed by atoms with Crippen molar-refractivity contribution in [2.75, 3.05) is 32.8 Å². The van der Waals surface area contributed by atoms with Crippen molar-refractivity contribution in [3.63, 3.8) is 0 Å². The lowest BCUT2D eigenvalue weighted by Crippen LogP contribution is -2.17. The van der Waals surface area contributed by atoms with Crippen LogP contribution in [0, 0.1) is 0 Å². The van der Waals surface area contributed by atoms with E-state index in [1.807, 2.05) is 42.5 Å². The highest BCUT2D eigenvalue weighted by Gasteiger charge is 2.20. The molecular formula is C21H25NO4. The molecule has 1 amide bonds. The number of nitrogens with one attached hydrogen (secondary N) is 1. The van der Waals surface area contributed by atoms with E-state index in [4.69, 9.17) is 14.2 Å². The highest BCUT2D eigenvalue weighted by molar-refractivity contribution is 5.92. The largest absolute Gasteiger partial charge is 0.497 e. The highest BCUT2D eigenvalue weighted by Crippen LogP contribution is 2.34. The van der Waals surface area contributed by atoms with Gasteiger partial charge >= 0.3 is 0 Å². The van der Waals surface area contributed by atoms with Gasteiger partial charge in [0, 0.05) is 24.3 Å². The molecule has 2 aromatic rings. The number of benzene rings is 2. The lowest BCUT2D eigenvalue weighted by atomic mass is 9.92. The summed E-state index contributed by atoms with van der Waals surface area (Å²) < 4.78 is 16.3. The molecule has 1 unspecified atom stereocenters. The van der Waals surface area contributed by atoms with Gasteiger partial charge in [-0.05, 0) is 42.2 Å². The van der Waals surface area contributed by atoms with E-state index < -0.39 is 0 Å². The van der Waals surface area contributed by atoms with Crippen LogP contribution in [-0.4, -0.2) is 33.3 Å². The van der Waals surface area contributed by atoms with Crippen LogP contribution in [0.4, 0.5) is 5.69 Å². The minimum Gasteiger partial charge on any atom is -0.497 e. The predicted molar refractivity (Wildman–Crippen MR) is 101 cm³/mol. The van der Waals surface area contributed by atoms with Gasteiger partial charge in [0.1, 0.15) is 11.5 Å². The van der Waals surface area contributed by atoms with Crippen molar-refractivity contribution in [2.24, 2.45) is 0 Å². The van der Waals surface area contributed by atoms with Crippen LogP contribution in [0.2, 0.25) is 0 Å². The Labute approximate surface area is 154 Å². The predicted octanol–water partition coefficient (Wildman–Crippen LogP) is 3.78. The Hall–Kier alpha value is -2.53. The van der Waals surface area contributed by atoms with E-state index in [2.05, 4.69) is 5.32 Å². The van der Waals surface area contributed by atoms with Crippen LogP contribution in [0.25, 0.3) is 0 Å². The van der Waals surface area contributed by atoms with Gasteiger partial charge < -0.3 is 19.5 Å². The van der Waals surface area contributed by atoms with Crippen molar-refractivity contribution in [1.29, 1.82) is 0 Å². The smallest absolute Gasteiger partial charge is 0.228 e. The molecule has 1 aliphatic rings. The molecule has 1 saturated heterocycles. The molecule has 0 spiro atoms. The van der Waals surface area contributed by atoms with Gasteiger partial charge in [-0.15, -0.1) is 0 Å². The van der Waals surface area contributed by atoms with E-state index in [-0.39, 0.29) is 12.3 Å². The number of anilines is 1. The summed E-state index contributed by atoms with van der Waals surface area (Å²) in [5, 5.41) is 2.94. The maximum Gasteiger partial charge on any atom is 0.228 e. The number of methoxy groups -OCH3 is 2. The zero-order valence-electron chi connectivity index (χ0n) is 15.3. The molecule has 0 radical (unpaired) electrons. The maximum absolute atomic E-state index is 12.4. The van der Waals surface area contributed by atoms with Gasteiger partial charge in [0.25, 0.3) is 0 Å². The lowest BCUT2D eigenvalue weighted by Gasteiger charge is -2.24. The Bertz CT molecular complexity index is 753. The van der Waals surface area contributed by atoms with Crippen molar-refractivity contribution in [3.8, 4) is 11.5 Å². The first-order valence-corrected chi connectivity index (χ1v) is 8.88. The van der Waals surface area contributed by atoms with Crippen molar-refractivity contribution in [2.45, 2.75) is 25.2 Å². The van der Waals surface area contributed by atoms with E-state index in [9.17, 15) is 4.79 Å². The molecular weight excluding hydrogens is 330 g/mol. The molecule has 26 heavy (non-hydrogen) atoms. The Balaban J connectivity index is 1.67. The molecule has 3 rings (SSSR count). The number of carbonyl (C=O) groups is 1.